The Bertz CT molecular complexity index is 720. The highest BCUT2D eigenvalue weighted by Crippen LogP contribution is 2.15. The summed E-state index contributed by atoms with van der Waals surface area (Å²) in [6, 6.07) is 16.0. The monoisotopic (exact) mass is 368 g/mol. The lowest BCUT2D eigenvalue weighted by Gasteiger charge is -2.34. The summed E-state index contributed by atoms with van der Waals surface area (Å²) in [5, 5.41) is 0. The van der Waals surface area contributed by atoms with Crippen LogP contribution in [-0.4, -0.2) is 55.1 Å². The number of aryl methyl sites for hydroxylation is 1. The topological polar surface area (TPSA) is 42.0 Å². The third-order valence-corrected chi connectivity index (χ3v) is 4.75. The molecule has 27 heavy (non-hydrogen) atoms. The first-order chi connectivity index (χ1) is 13.1. The highest BCUT2D eigenvalue weighted by molar-refractivity contribution is 5.77. The van der Waals surface area contributed by atoms with E-state index in [0.717, 1.165) is 44.2 Å². The second-order valence-electron chi connectivity index (χ2n) is 6.84. The SMILES string of the molecule is CCOc1ccc(CN2CCN(C(=O)COc3ccc(C)cc3)CC2)cc1. The van der Waals surface area contributed by atoms with Crippen LogP contribution in [0.2, 0.25) is 0 Å². The first kappa shape index (κ1) is 19.2. The lowest BCUT2D eigenvalue weighted by Crippen LogP contribution is -2.49. The molecule has 144 valence electrons. The van der Waals surface area contributed by atoms with E-state index in [9.17, 15) is 4.79 Å². The quantitative estimate of drug-likeness (QED) is 0.753. The molecule has 1 heterocycles. The minimum absolute atomic E-state index is 0.0521. The van der Waals surface area contributed by atoms with Gasteiger partial charge in [0.25, 0.3) is 5.91 Å². The zero-order chi connectivity index (χ0) is 19.1. The molecule has 2 aromatic rings. The molecule has 0 aromatic heterocycles. The lowest BCUT2D eigenvalue weighted by atomic mass is 10.2. The fourth-order valence-electron chi connectivity index (χ4n) is 3.14. The summed E-state index contributed by atoms with van der Waals surface area (Å²) in [6.07, 6.45) is 0. The average molecular weight is 368 g/mol. The zero-order valence-electron chi connectivity index (χ0n) is 16.2. The molecular formula is C22H28N2O3. The van der Waals surface area contributed by atoms with Crippen molar-refractivity contribution in [1.82, 2.24) is 9.80 Å². The van der Waals surface area contributed by atoms with E-state index in [0.29, 0.717) is 6.61 Å². The fourth-order valence-corrected chi connectivity index (χ4v) is 3.14. The van der Waals surface area contributed by atoms with Crippen LogP contribution >= 0.6 is 0 Å². The first-order valence-electron chi connectivity index (χ1n) is 9.55. The summed E-state index contributed by atoms with van der Waals surface area (Å²) in [4.78, 5) is 16.6. The third kappa shape index (κ3) is 5.73. The van der Waals surface area contributed by atoms with Gasteiger partial charge in [0.1, 0.15) is 11.5 Å². The molecule has 0 saturated carbocycles. The predicted molar refractivity (Wildman–Crippen MR) is 106 cm³/mol. The maximum absolute atomic E-state index is 12.4. The Morgan fingerprint density at radius 3 is 2.11 bits per heavy atom. The summed E-state index contributed by atoms with van der Waals surface area (Å²) < 4.78 is 11.1. The van der Waals surface area contributed by atoms with Gasteiger partial charge in [0.2, 0.25) is 0 Å². The van der Waals surface area contributed by atoms with Crippen molar-refractivity contribution in [3.05, 3.63) is 59.7 Å². The number of hydrogen-bond acceptors (Lipinski definition) is 4. The maximum atomic E-state index is 12.4. The number of hydrogen-bond donors (Lipinski definition) is 0. The van der Waals surface area contributed by atoms with Gasteiger partial charge in [-0.1, -0.05) is 29.8 Å². The van der Waals surface area contributed by atoms with Crippen molar-refractivity contribution in [1.29, 1.82) is 0 Å². The number of carbonyl (C=O) groups is 1. The Hall–Kier alpha value is -2.53. The van der Waals surface area contributed by atoms with Crippen LogP contribution in [0.25, 0.3) is 0 Å². The van der Waals surface area contributed by atoms with Crippen molar-refractivity contribution in [2.75, 3.05) is 39.4 Å². The van der Waals surface area contributed by atoms with Crippen LogP contribution in [-0.2, 0) is 11.3 Å². The molecule has 1 saturated heterocycles. The van der Waals surface area contributed by atoms with Crippen molar-refractivity contribution in [3.8, 4) is 11.5 Å². The van der Waals surface area contributed by atoms with Crippen LogP contribution in [0.3, 0.4) is 0 Å². The third-order valence-electron chi connectivity index (χ3n) is 4.75. The fraction of sp³-hybridized carbons (Fsp3) is 0.409. The second-order valence-corrected chi connectivity index (χ2v) is 6.84. The Labute approximate surface area is 161 Å². The van der Waals surface area contributed by atoms with Gasteiger partial charge in [0.15, 0.2) is 6.61 Å². The largest absolute Gasteiger partial charge is 0.494 e. The molecular weight excluding hydrogens is 340 g/mol. The van der Waals surface area contributed by atoms with E-state index in [2.05, 4.69) is 17.0 Å². The molecule has 0 unspecified atom stereocenters. The van der Waals surface area contributed by atoms with Crippen LogP contribution in [0.15, 0.2) is 48.5 Å². The molecule has 0 spiro atoms. The van der Waals surface area contributed by atoms with Crippen molar-refractivity contribution in [2.24, 2.45) is 0 Å². The van der Waals surface area contributed by atoms with Gasteiger partial charge < -0.3 is 14.4 Å². The highest BCUT2D eigenvalue weighted by atomic mass is 16.5. The van der Waals surface area contributed by atoms with Gasteiger partial charge in [0.05, 0.1) is 6.61 Å². The minimum atomic E-state index is 0.0521. The number of nitrogens with zero attached hydrogens (tertiary/aromatic N) is 2. The van der Waals surface area contributed by atoms with Gasteiger partial charge in [-0.05, 0) is 43.7 Å². The highest BCUT2D eigenvalue weighted by Gasteiger charge is 2.21. The van der Waals surface area contributed by atoms with Crippen LogP contribution in [0.4, 0.5) is 0 Å². The number of amides is 1. The molecule has 0 radical (unpaired) electrons. The van der Waals surface area contributed by atoms with E-state index in [1.807, 2.05) is 55.1 Å². The van der Waals surface area contributed by atoms with Crippen molar-refractivity contribution >= 4 is 5.91 Å². The van der Waals surface area contributed by atoms with Crippen LogP contribution < -0.4 is 9.47 Å². The molecule has 1 aliphatic heterocycles. The van der Waals surface area contributed by atoms with Gasteiger partial charge in [-0.15, -0.1) is 0 Å². The predicted octanol–water partition coefficient (Wildman–Crippen LogP) is 3.12. The molecule has 1 fully saturated rings. The number of piperazine rings is 1. The van der Waals surface area contributed by atoms with Gasteiger partial charge in [0, 0.05) is 32.7 Å². The van der Waals surface area contributed by atoms with E-state index >= 15 is 0 Å². The van der Waals surface area contributed by atoms with Gasteiger partial charge >= 0.3 is 0 Å². The smallest absolute Gasteiger partial charge is 0.260 e. The molecule has 1 amide bonds. The molecule has 1 aliphatic rings. The Kier molecular flexibility index (Phi) is 6.71. The van der Waals surface area contributed by atoms with Crippen LogP contribution in [0, 0.1) is 6.92 Å². The van der Waals surface area contributed by atoms with E-state index in [1.54, 1.807) is 0 Å². The number of rotatable bonds is 7. The minimum Gasteiger partial charge on any atom is -0.494 e. The number of carbonyl (C=O) groups excluding carboxylic acids is 1. The van der Waals surface area contributed by atoms with E-state index in [-0.39, 0.29) is 12.5 Å². The summed E-state index contributed by atoms with van der Waals surface area (Å²) in [5.74, 6) is 1.70. The number of benzene rings is 2. The van der Waals surface area contributed by atoms with Crippen molar-refractivity contribution in [3.63, 3.8) is 0 Å². The maximum Gasteiger partial charge on any atom is 0.260 e. The van der Waals surface area contributed by atoms with Gasteiger partial charge in [-0.25, -0.2) is 0 Å². The summed E-state index contributed by atoms with van der Waals surface area (Å²) in [6.45, 7) is 8.94. The summed E-state index contributed by atoms with van der Waals surface area (Å²) >= 11 is 0. The molecule has 0 bridgehead atoms. The van der Waals surface area contributed by atoms with E-state index < -0.39 is 0 Å². The molecule has 0 atom stereocenters. The lowest BCUT2D eigenvalue weighted by molar-refractivity contribution is -0.135. The van der Waals surface area contributed by atoms with Crippen molar-refractivity contribution < 1.29 is 14.3 Å². The van der Waals surface area contributed by atoms with Crippen LogP contribution in [0.1, 0.15) is 18.1 Å². The summed E-state index contributed by atoms with van der Waals surface area (Å²) in [5.41, 5.74) is 2.44. The Morgan fingerprint density at radius 2 is 1.48 bits per heavy atom. The Morgan fingerprint density at radius 1 is 0.889 bits per heavy atom. The molecule has 0 N–H and O–H groups in total. The molecule has 0 aliphatic carbocycles. The Balaban J connectivity index is 1.41. The first-order valence-corrected chi connectivity index (χ1v) is 9.55. The van der Waals surface area contributed by atoms with Crippen LogP contribution in [0.5, 0.6) is 11.5 Å². The standard InChI is InChI=1S/C22H28N2O3/c1-3-26-20-10-6-19(7-11-20)16-23-12-14-24(15-13-23)22(25)17-27-21-8-4-18(2)5-9-21/h4-11H,3,12-17H2,1-2H3. The van der Waals surface area contributed by atoms with E-state index in [4.69, 9.17) is 9.47 Å². The van der Waals surface area contributed by atoms with E-state index in [1.165, 1.54) is 11.1 Å². The molecule has 2 aromatic carbocycles. The average Bonchev–Trinajstić information content (AvgIpc) is 2.70. The molecule has 5 nitrogen and oxygen atoms in total. The number of ether oxygens (including phenoxy) is 2. The zero-order valence-corrected chi connectivity index (χ0v) is 16.2. The van der Waals surface area contributed by atoms with Gasteiger partial charge in [-0.3, -0.25) is 9.69 Å². The summed E-state index contributed by atoms with van der Waals surface area (Å²) in [7, 11) is 0. The van der Waals surface area contributed by atoms with Crippen molar-refractivity contribution in [2.45, 2.75) is 20.4 Å². The molecule has 5 heteroatoms. The van der Waals surface area contributed by atoms with Gasteiger partial charge in [-0.2, -0.15) is 0 Å². The normalized spacial score (nSPS) is 14.8. The second kappa shape index (κ2) is 9.42. The molecule has 3 rings (SSSR count).